The van der Waals surface area contributed by atoms with Crippen LogP contribution in [0.25, 0.3) is 0 Å². The molecule has 0 amide bonds. The first kappa shape index (κ1) is 26.7. The summed E-state index contributed by atoms with van der Waals surface area (Å²) in [5.41, 5.74) is -1.45. The van der Waals surface area contributed by atoms with Crippen LogP contribution in [-0.4, -0.2) is 23.8 Å². The van der Waals surface area contributed by atoms with E-state index in [0.717, 1.165) is 36.4 Å². The lowest BCUT2D eigenvalue weighted by Gasteiger charge is -2.18. The summed E-state index contributed by atoms with van der Waals surface area (Å²) in [6.45, 7) is 1.70. The molecular weight excluding hydrogens is 494 g/mol. The summed E-state index contributed by atoms with van der Waals surface area (Å²) in [7, 11) is 0. The van der Waals surface area contributed by atoms with Gasteiger partial charge in [0.1, 0.15) is 30.0 Å². The van der Waals surface area contributed by atoms with E-state index < -0.39 is 41.7 Å². The van der Waals surface area contributed by atoms with E-state index >= 15 is 0 Å². The van der Waals surface area contributed by atoms with Crippen LogP contribution in [0.2, 0.25) is 0 Å². The molecule has 0 aliphatic carbocycles. The van der Waals surface area contributed by atoms with Crippen molar-refractivity contribution in [1.29, 1.82) is 0 Å². The summed E-state index contributed by atoms with van der Waals surface area (Å²) in [6.07, 6.45) is -11.0. The fourth-order valence-corrected chi connectivity index (χ4v) is 3.06. The van der Waals surface area contributed by atoms with Crippen molar-refractivity contribution < 1.29 is 50.5 Å². The van der Waals surface area contributed by atoms with Gasteiger partial charge in [0, 0.05) is 5.56 Å². The topological polar surface area (TPSA) is 65.0 Å². The minimum Gasteiger partial charge on any atom is -0.490 e. The first-order chi connectivity index (χ1) is 16.8. The maximum atomic E-state index is 12.7. The predicted molar refractivity (Wildman–Crippen MR) is 116 cm³/mol. The number of hydrogen-bond donors (Lipinski definition) is 1. The lowest BCUT2D eigenvalue weighted by molar-refractivity contribution is -0.145. The summed E-state index contributed by atoms with van der Waals surface area (Å²) >= 11 is 0. The molecule has 0 aromatic heterocycles. The molecule has 0 saturated heterocycles. The number of carboxylic acids is 1. The standard InChI is InChI=1S/C25H20F6O5/c1-15(35-20-10-4-17(5-11-20)24(26,27)28)14-34-19-8-2-16(3-9-19)22(23(32)33)36-21-12-6-18(7-13-21)25(29,30)31/h2-13,15,22H,14H2,1H3,(H,32,33). The number of carbonyl (C=O) groups is 1. The number of alkyl halides is 6. The van der Waals surface area contributed by atoms with E-state index in [9.17, 15) is 36.2 Å². The molecule has 3 rings (SSSR count). The maximum absolute atomic E-state index is 12.7. The molecule has 0 radical (unpaired) electrons. The molecule has 2 atom stereocenters. The Balaban J connectivity index is 1.57. The smallest absolute Gasteiger partial charge is 0.416 e. The van der Waals surface area contributed by atoms with Crippen LogP contribution in [0.3, 0.4) is 0 Å². The highest BCUT2D eigenvalue weighted by Gasteiger charge is 2.31. The average molecular weight is 514 g/mol. The van der Waals surface area contributed by atoms with Gasteiger partial charge in [0.2, 0.25) is 6.10 Å². The Hall–Kier alpha value is -3.89. The Morgan fingerprint density at radius 2 is 1.14 bits per heavy atom. The van der Waals surface area contributed by atoms with Gasteiger partial charge in [-0.15, -0.1) is 0 Å². The number of carboxylic acid groups (broad SMARTS) is 1. The van der Waals surface area contributed by atoms with E-state index in [1.165, 1.54) is 36.4 Å². The molecule has 0 heterocycles. The number of halogens is 6. The van der Waals surface area contributed by atoms with Crippen LogP contribution in [0.1, 0.15) is 29.7 Å². The zero-order chi connectivity index (χ0) is 26.5. The predicted octanol–water partition coefficient (Wildman–Crippen LogP) is 6.78. The molecule has 0 aliphatic heterocycles. The van der Waals surface area contributed by atoms with Crippen molar-refractivity contribution >= 4 is 5.97 Å². The van der Waals surface area contributed by atoms with Crippen molar-refractivity contribution in [2.45, 2.75) is 31.5 Å². The SMILES string of the molecule is CC(COc1ccc(C(Oc2ccc(C(F)(F)F)cc2)C(=O)O)cc1)Oc1ccc(C(F)(F)F)cc1. The van der Waals surface area contributed by atoms with Crippen LogP contribution in [0, 0.1) is 0 Å². The van der Waals surface area contributed by atoms with Gasteiger partial charge in [-0.25, -0.2) is 4.79 Å². The first-order valence-electron chi connectivity index (χ1n) is 10.5. The molecule has 1 N–H and O–H groups in total. The molecule has 0 saturated carbocycles. The van der Waals surface area contributed by atoms with E-state index in [0.29, 0.717) is 5.75 Å². The quantitative estimate of drug-likeness (QED) is 0.319. The van der Waals surface area contributed by atoms with Crippen LogP contribution in [0.4, 0.5) is 26.3 Å². The van der Waals surface area contributed by atoms with Gasteiger partial charge in [-0.1, -0.05) is 12.1 Å². The van der Waals surface area contributed by atoms with Crippen molar-refractivity contribution in [2.24, 2.45) is 0 Å². The Morgan fingerprint density at radius 1 is 0.722 bits per heavy atom. The molecule has 3 aromatic rings. The Kier molecular flexibility index (Phi) is 8.01. The monoisotopic (exact) mass is 514 g/mol. The average Bonchev–Trinajstić information content (AvgIpc) is 2.81. The van der Waals surface area contributed by atoms with Gasteiger partial charge in [-0.3, -0.25) is 0 Å². The van der Waals surface area contributed by atoms with Gasteiger partial charge in [0.25, 0.3) is 0 Å². The summed E-state index contributed by atoms with van der Waals surface area (Å²) in [5, 5.41) is 9.50. The van der Waals surface area contributed by atoms with E-state index in [1.54, 1.807) is 6.92 Å². The molecule has 3 aromatic carbocycles. The largest absolute Gasteiger partial charge is 0.490 e. The van der Waals surface area contributed by atoms with E-state index in [-0.39, 0.29) is 23.7 Å². The summed E-state index contributed by atoms with van der Waals surface area (Å²) in [6, 6.07) is 13.7. The van der Waals surface area contributed by atoms with Crippen molar-refractivity contribution in [1.82, 2.24) is 0 Å². The van der Waals surface area contributed by atoms with E-state index in [1.807, 2.05) is 0 Å². The van der Waals surface area contributed by atoms with Crippen LogP contribution in [0.5, 0.6) is 17.2 Å². The molecule has 2 unspecified atom stereocenters. The Labute approximate surface area is 201 Å². The normalized spacial score (nSPS) is 13.5. The van der Waals surface area contributed by atoms with Crippen LogP contribution >= 0.6 is 0 Å². The molecule has 0 bridgehead atoms. The second-order valence-electron chi connectivity index (χ2n) is 7.69. The van der Waals surface area contributed by atoms with Gasteiger partial charge in [0.05, 0.1) is 11.1 Å². The number of aliphatic carboxylic acids is 1. The van der Waals surface area contributed by atoms with Crippen molar-refractivity contribution in [3.05, 3.63) is 89.5 Å². The zero-order valence-electron chi connectivity index (χ0n) is 18.6. The van der Waals surface area contributed by atoms with Gasteiger partial charge in [0.15, 0.2) is 0 Å². The van der Waals surface area contributed by atoms with Crippen molar-refractivity contribution in [2.75, 3.05) is 6.61 Å². The third kappa shape index (κ3) is 7.30. The van der Waals surface area contributed by atoms with Crippen LogP contribution < -0.4 is 14.2 Å². The fraction of sp³-hybridized carbons (Fsp3) is 0.240. The van der Waals surface area contributed by atoms with Gasteiger partial charge < -0.3 is 19.3 Å². The summed E-state index contributed by atoms with van der Waals surface area (Å²) in [5.74, 6) is -0.799. The molecule has 5 nitrogen and oxygen atoms in total. The second-order valence-corrected chi connectivity index (χ2v) is 7.69. The van der Waals surface area contributed by atoms with Crippen LogP contribution in [0.15, 0.2) is 72.8 Å². The molecular formula is C25H20F6O5. The number of rotatable bonds is 9. The minimum atomic E-state index is -4.53. The van der Waals surface area contributed by atoms with E-state index in [2.05, 4.69) is 0 Å². The van der Waals surface area contributed by atoms with E-state index in [4.69, 9.17) is 14.2 Å². The molecule has 36 heavy (non-hydrogen) atoms. The number of ether oxygens (including phenoxy) is 3. The maximum Gasteiger partial charge on any atom is 0.416 e. The zero-order valence-corrected chi connectivity index (χ0v) is 18.6. The number of hydrogen-bond acceptors (Lipinski definition) is 4. The van der Waals surface area contributed by atoms with Crippen molar-refractivity contribution in [3.63, 3.8) is 0 Å². The minimum absolute atomic E-state index is 0.0464. The molecule has 192 valence electrons. The summed E-state index contributed by atoms with van der Waals surface area (Å²) < 4.78 is 92.5. The van der Waals surface area contributed by atoms with Crippen molar-refractivity contribution in [3.8, 4) is 17.2 Å². The molecule has 0 aliphatic rings. The highest BCUT2D eigenvalue weighted by molar-refractivity contribution is 5.75. The highest BCUT2D eigenvalue weighted by Crippen LogP contribution is 2.32. The van der Waals surface area contributed by atoms with Gasteiger partial charge in [-0.2, -0.15) is 26.3 Å². The lowest BCUT2D eigenvalue weighted by Crippen LogP contribution is -2.21. The second kappa shape index (κ2) is 10.8. The lowest BCUT2D eigenvalue weighted by atomic mass is 10.1. The van der Waals surface area contributed by atoms with Gasteiger partial charge in [-0.05, 0) is 67.6 Å². The third-order valence-electron chi connectivity index (χ3n) is 4.85. The molecule has 0 fully saturated rings. The Bertz CT molecular complexity index is 1140. The highest BCUT2D eigenvalue weighted by atomic mass is 19.4. The first-order valence-corrected chi connectivity index (χ1v) is 10.5. The third-order valence-corrected chi connectivity index (χ3v) is 4.85. The number of benzene rings is 3. The Morgan fingerprint density at radius 3 is 1.56 bits per heavy atom. The van der Waals surface area contributed by atoms with Gasteiger partial charge >= 0.3 is 18.3 Å². The van der Waals surface area contributed by atoms with Crippen LogP contribution in [-0.2, 0) is 17.1 Å². The summed E-state index contributed by atoms with van der Waals surface area (Å²) in [4.78, 5) is 11.7. The fourth-order valence-electron chi connectivity index (χ4n) is 3.06. The molecule has 11 heteroatoms. The molecule has 0 spiro atoms.